The van der Waals surface area contributed by atoms with E-state index in [1.54, 1.807) is 24.9 Å². The molecule has 2 aromatic heterocycles. The van der Waals surface area contributed by atoms with Gasteiger partial charge in [0.2, 0.25) is 12.7 Å². The molecule has 1 aromatic carbocycles. The molecule has 0 spiro atoms. The van der Waals surface area contributed by atoms with Crippen LogP contribution in [-0.4, -0.2) is 27.0 Å². The van der Waals surface area contributed by atoms with Crippen molar-refractivity contribution in [3.05, 3.63) is 52.1 Å². The van der Waals surface area contributed by atoms with Crippen molar-refractivity contribution < 1.29 is 14.3 Å². The van der Waals surface area contributed by atoms with Gasteiger partial charge >= 0.3 is 0 Å². The Hall–Kier alpha value is -3.29. The number of hydrogen-bond donors (Lipinski definition) is 1. The molecule has 1 amide bonds. The van der Waals surface area contributed by atoms with Gasteiger partial charge in [0, 0.05) is 25.2 Å². The van der Waals surface area contributed by atoms with Crippen LogP contribution < -0.4 is 20.3 Å². The fraction of sp³-hybridized carbons (Fsp3) is 0.316. The van der Waals surface area contributed by atoms with E-state index in [1.165, 1.54) is 4.57 Å². The fourth-order valence-electron chi connectivity index (χ4n) is 3.29. The van der Waals surface area contributed by atoms with Gasteiger partial charge in [-0.1, -0.05) is 6.07 Å². The first-order chi connectivity index (χ1) is 13.0. The van der Waals surface area contributed by atoms with E-state index in [0.29, 0.717) is 23.6 Å². The molecule has 0 saturated heterocycles. The van der Waals surface area contributed by atoms with Gasteiger partial charge < -0.3 is 19.4 Å². The van der Waals surface area contributed by atoms with Crippen LogP contribution in [0.3, 0.4) is 0 Å². The Bertz CT molecular complexity index is 1100. The maximum Gasteiger partial charge on any atom is 0.277 e. The van der Waals surface area contributed by atoms with Crippen LogP contribution in [-0.2, 0) is 18.4 Å². The Labute approximate surface area is 155 Å². The average Bonchev–Trinajstić information content (AvgIpc) is 3.23. The van der Waals surface area contributed by atoms with Crippen LogP contribution in [0.4, 0.5) is 0 Å². The first kappa shape index (κ1) is 17.1. The number of ether oxygens (including phenoxy) is 2. The SMILES string of the molecule is Cc1nn(C)c2c(=O)n(C(C)C(=O)NCc3ccc4c(c3)OCO4)ccc12. The molecule has 140 valence electrons. The smallest absolute Gasteiger partial charge is 0.277 e. The molecule has 0 fully saturated rings. The van der Waals surface area contributed by atoms with Crippen molar-refractivity contribution in [1.82, 2.24) is 19.7 Å². The van der Waals surface area contributed by atoms with Crippen LogP contribution in [0.25, 0.3) is 10.9 Å². The number of fused-ring (bicyclic) bond motifs is 2. The molecular weight excluding hydrogens is 348 g/mol. The summed E-state index contributed by atoms with van der Waals surface area (Å²) in [5.41, 5.74) is 1.94. The molecule has 27 heavy (non-hydrogen) atoms. The highest BCUT2D eigenvalue weighted by atomic mass is 16.7. The quantitative estimate of drug-likeness (QED) is 0.757. The van der Waals surface area contributed by atoms with Gasteiger partial charge in [-0.15, -0.1) is 0 Å². The lowest BCUT2D eigenvalue weighted by Crippen LogP contribution is -2.35. The van der Waals surface area contributed by atoms with Gasteiger partial charge in [0.25, 0.3) is 5.56 Å². The third-order valence-electron chi connectivity index (χ3n) is 4.81. The molecule has 1 N–H and O–H groups in total. The third kappa shape index (κ3) is 2.92. The Morgan fingerprint density at radius 1 is 1.30 bits per heavy atom. The number of rotatable bonds is 4. The number of carbonyl (C=O) groups is 1. The van der Waals surface area contributed by atoms with E-state index >= 15 is 0 Å². The first-order valence-corrected chi connectivity index (χ1v) is 8.66. The zero-order valence-corrected chi connectivity index (χ0v) is 15.4. The van der Waals surface area contributed by atoms with Crippen LogP contribution in [0.15, 0.2) is 35.3 Å². The first-order valence-electron chi connectivity index (χ1n) is 8.66. The topological polar surface area (TPSA) is 87.4 Å². The summed E-state index contributed by atoms with van der Waals surface area (Å²) in [6.45, 7) is 4.10. The molecule has 4 rings (SSSR count). The monoisotopic (exact) mass is 368 g/mol. The molecule has 1 aliphatic heterocycles. The number of nitrogens with zero attached hydrogens (tertiary/aromatic N) is 3. The standard InChI is InChI=1S/C19H20N4O4/c1-11-14-6-7-23(19(25)17(14)22(3)21-11)12(2)18(24)20-9-13-4-5-15-16(8-13)27-10-26-15/h4-8,12H,9-10H2,1-3H3,(H,20,24). The zero-order valence-electron chi connectivity index (χ0n) is 15.4. The van der Waals surface area contributed by atoms with Crippen molar-refractivity contribution in [2.45, 2.75) is 26.4 Å². The molecule has 8 heteroatoms. The largest absolute Gasteiger partial charge is 0.454 e. The molecule has 0 saturated carbocycles. The van der Waals surface area contributed by atoms with Gasteiger partial charge in [0.15, 0.2) is 11.5 Å². The van der Waals surface area contributed by atoms with Crippen LogP contribution in [0.5, 0.6) is 11.5 Å². The summed E-state index contributed by atoms with van der Waals surface area (Å²) in [4.78, 5) is 25.4. The molecule has 8 nitrogen and oxygen atoms in total. The number of hydrogen-bond acceptors (Lipinski definition) is 5. The minimum absolute atomic E-state index is 0.209. The number of nitrogens with one attached hydrogen (secondary N) is 1. The molecule has 1 aliphatic rings. The van der Waals surface area contributed by atoms with E-state index in [1.807, 2.05) is 31.2 Å². The van der Waals surface area contributed by atoms with Gasteiger partial charge in [-0.05, 0) is 37.6 Å². The Balaban J connectivity index is 1.52. The molecule has 0 bridgehead atoms. The summed E-state index contributed by atoms with van der Waals surface area (Å²) in [6, 6.07) is 6.70. The fourth-order valence-corrected chi connectivity index (χ4v) is 3.29. The number of aryl methyl sites for hydroxylation is 2. The van der Waals surface area contributed by atoms with Crippen molar-refractivity contribution >= 4 is 16.8 Å². The number of aromatic nitrogens is 3. The second kappa shape index (κ2) is 6.46. The molecule has 1 atom stereocenters. The Morgan fingerprint density at radius 2 is 2.07 bits per heavy atom. The highest BCUT2D eigenvalue weighted by Gasteiger charge is 2.20. The second-order valence-corrected chi connectivity index (χ2v) is 6.58. The molecule has 1 unspecified atom stereocenters. The number of amides is 1. The number of pyridine rings is 1. The summed E-state index contributed by atoms with van der Waals surface area (Å²) >= 11 is 0. The van der Waals surface area contributed by atoms with Crippen molar-refractivity contribution in [2.24, 2.45) is 7.05 Å². The van der Waals surface area contributed by atoms with Crippen molar-refractivity contribution in [1.29, 1.82) is 0 Å². The maximum absolute atomic E-state index is 12.8. The molecular formula is C19H20N4O4. The predicted molar refractivity (Wildman–Crippen MR) is 98.8 cm³/mol. The second-order valence-electron chi connectivity index (χ2n) is 6.58. The van der Waals surface area contributed by atoms with Gasteiger partial charge in [-0.2, -0.15) is 5.10 Å². The summed E-state index contributed by atoms with van der Waals surface area (Å²) in [6.07, 6.45) is 1.64. The lowest BCUT2D eigenvalue weighted by Gasteiger charge is -2.15. The van der Waals surface area contributed by atoms with Crippen molar-refractivity contribution in [2.75, 3.05) is 6.79 Å². The van der Waals surface area contributed by atoms with E-state index < -0.39 is 6.04 Å². The maximum atomic E-state index is 12.8. The normalized spacial score (nSPS) is 13.7. The minimum atomic E-state index is -0.647. The lowest BCUT2D eigenvalue weighted by atomic mass is 10.2. The summed E-state index contributed by atoms with van der Waals surface area (Å²) in [5, 5.41) is 7.95. The Kier molecular flexibility index (Phi) is 4.10. The molecule has 3 heterocycles. The minimum Gasteiger partial charge on any atom is -0.454 e. The van der Waals surface area contributed by atoms with Gasteiger partial charge in [0.1, 0.15) is 11.6 Å². The lowest BCUT2D eigenvalue weighted by molar-refractivity contribution is -0.124. The summed E-state index contributed by atoms with van der Waals surface area (Å²) in [5.74, 6) is 1.13. The van der Waals surface area contributed by atoms with Gasteiger partial charge in [0.05, 0.1) is 5.69 Å². The number of carbonyl (C=O) groups excluding carboxylic acids is 1. The highest BCUT2D eigenvalue weighted by molar-refractivity contribution is 5.83. The van der Waals surface area contributed by atoms with E-state index in [0.717, 1.165) is 16.6 Å². The summed E-state index contributed by atoms with van der Waals surface area (Å²) < 4.78 is 13.6. The third-order valence-corrected chi connectivity index (χ3v) is 4.81. The number of benzene rings is 1. The summed E-state index contributed by atoms with van der Waals surface area (Å²) in [7, 11) is 1.73. The van der Waals surface area contributed by atoms with Gasteiger partial charge in [-0.25, -0.2) is 0 Å². The van der Waals surface area contributed by atoms with Crippen LogP contribution in [0, 0.1) is 6.92 Å². The van der Waals surface area contributed by atoms with E-state index in [4.69, 9.17) is 9.47 Å². The van der Waals surface area contributed by atoms with E-state index in [-0.39, 0.29) is 18.3 Å². The van der Waals surface area contributed by atoms with Crippen molar-refractivity contribution in [3.63, 3.8) is 0 Å². The average molecular weight is 368 g/mol. The van der Waals surface area contributed by atoms with Gasteiger partial charge in [-0.3, -0.25) is 14.3 Å². The Morgan fingerprint density at radius 3 is 2.89 bits per heavy atom. The molecule has 0 aliphatic carbocycles. The van der Waals surface area contributed by atoms with Crippen LogP contribution >= 0.6 is 0 Å². The zero-order chi connectivity index (χ0) is 19.1. The van der Waals surface area contributed by atoms with E-state index in [2.05, 4.69) is 10.4 Å². The predicted octanol–water partition coefficient (Wildman–Crippen LogP) is 1.65. The van der Waals surface area contributed by atoms with Crippen molar-refractivity contribution in [3.8, 4) is 11.5 Å². The van der Waals surface area contributed by atoms with E-state index in [9.17, 15) is 9.59 Å². The van der Waals surface area contributed by atoms with Crippen LogP contribution in [0.2, 0.25) is 0 Å². The van der Waals surface area contributed by atoms with Crippen LogP contribution in [0.1, 0.15) is 24.2 Å². The molecule has 3 aromatic rings. The highest BCUT2D eigenvalue weighted by Crippen LogP contribution is 2.32. The molecule has 0 radical (unpaired) electrons.